The molecule has 2 nitrogen and oxygen atoms in total. The number of nitrogens with zero attached hydrogens (tertiary/aromatic N) is 1. The molecule has 0 fully saturated rings. The van der Waals surface area contributed by atoms with Gasteiger partial charge in [0, 0.05) is 0 Å². The number of carbonyl (C=O) groups excluding carboxylic acids is 1. The Labute approximate surface area is 83.9 Å². The summed E-state index contributed by atoms with van der Waals surface area (Å²) in [4.78, 5) is 11.0. The third-order valence-electron chi connectivity index (χ3n) is 1.88. The molecule has 0 spiro atoms. The summed E-state index contributed by atoms with van der Waals surface area (Å²) in [7, 11) is 0. The van der Waals surface area contributed by atoms with Gasteiger partial charge >= 0.3 is 0 Å². The van der Waals surface area contributed by atoms with Crippen LogP contribution in [0.15, 0.2) is 12.1 Å². The molecule has 1 aromatic carbocycles. The summed E-state index contributed by atoms with van der Waals surface area (Å²) >= 11 is 0. The zero-order chi connectivity index (χ0) is 11.6. The zero-order valence-corrected chi connectivity index (χ0v) is 7.72. The van der Waals surface area contributed by atoms with Crippen molar-refractivity contribution >= 4 is 5.78 Å². The number of rotatable bonds is 2. The fraction of sp³-hybridized carbons (Fsp3) is 0.200. The van der Waals surface area contributed by atoms with Crippen LogP contribution in [0.5, 0.6) is 0 Å². The third kappa shape index (κ3) is 1.99. The zero-order valence-electron chi connectivity index (χ0n) is 7.72. The molecule has 0 saturated heterocycles. The van der Waals surface area contributed by atoms with Crippen molar-refractivity contribution in [2.24, 2.45) is 0 Å². The van der Waals surface area contributed by atoms with Crippen LogP contribution < -0.4 is 0 Å². The maximum Gasteiger partial charge on any atom is 0.266 e. The van der Waals surface area contributed by atoms with E-state index in [1.807, 2.05) is 0 Å². The van der Waals surface area contributed by atoms with Gasteiger partial charge in [0.2, 0.25) is 0 Å². The molecule has 0 bridgehead atoms. The topological polar surface area (TPSA) is 40.9 Å². The van der Waals surface area contributed by atoms with Crippen molar-refractivity contribution in [2.75, 3.05) is 0 Å². The third-order valence-corrected chi connectivity index (χ3v) is 1.88. The molecule has 0 heterocycles. The van der Waals surface area contributed by atoms with Crippen molar-refractivity contribution in [3.63, 3.8) is 0 Å². The van der Waals surface area contributed by atoms with Gasteiger partial charge in [-0.05, 0) is 19.1 Å². The van der Waals surface area contributed by atoms with E-state index in [-0.39, 0.29) is 5.56 Å². The van der Waals surface area contributed by atoms with Crippen LogP contribution >= 0.6 is 0 Å². The molecule has 0 atom stereocenters. The first-order chi connectivity index (χ1) is 6.99. The number of alkyl halides is 2. The number of nitriles is 1. The minimum atomic E-state index is -3.00. The van der Waals surface area contributed by atoms with E-state index in [0.29, 0.717) is 0 Å². The molecule has 0 radical (unpaired) electrons. The van der Waals surface area contributed by atoms with Crippen LogP contribution in [-0.2, 0) is 0 Å². The standard InChI is InChI=1S/C10H6F3NO/c1-5(15)8-6(4-14)2-3-7(9(8)11)10(12)13/h2-3,10H,1H3. The summed E-state index contributed by atoms with van der Waals surface area (Å²) in [6.07, 6.45) is -3.00. The Morgan fingerprint density at radius 1 is 1.47 bits per heavy atom. The molecule has 0 N–H and O–H groups in total. The Bertz CT molecular complexity index is 449. The molecule has 0 aliphatic rings. The lowest BCUT2D eigenvalue weighted by molar-refractivity contribution is 0.101. The minimum Gasteiger partial charge on any atom is -0.294 e. The second-order valence-electron chi connectivity index (χ2n) is 2.86. The first-order valence-corrected chi connectivity index (χ1v) is 4.00. The number of hydrogen-bond donors (Lipinski definition) is 0. The molecular formula is C10H6F3NO. The van der Waals surface area contributed by atoms with E-state index in [4.69, 9.17) is 5.26 Å². The first kappa shape index (κ1) is 11.2. The summed E-state index contributed by atoms with van der Waals surface area (Å²) in [5, 5.41) is 8.56. The van der Waals surface area contributed by atoms with Crippen molar-refractivity contribution in [1.29, 1.82) is 5.26 Å². The van der Waals surface area contributed by atoms with Crippen molar-refractivity contribution in [1.82, 2.24) is 0 Å². The number of ketones is 1. The Balaban J connectivity index is 3.51. The monoisotopic (exact) mass is 213 g/mol. The lowest BCUT2D eigenvalue weighted by atomic mass is 10.0. The van der Waals surface area contributed by atoms with E-state index in [9.17, 15) is 18.0 Å². The summed E-state index contributed by atoms with van der Waals surface area (Å²) < 4.78 is 37.9. The van der Waals surface area contributed by atoms with Gasteiger partial charge in [-0.2, -0.15) is 5.26 Å². The minimum absolute atomic E-state index is 0.232. The van der Waals surface area contributed by atoms with Crippen molar-refractivity contribution < 1.29 is 18.0 Å². The summed E-state index contributed by atoms with van der Waals surface area (Å²) in [6.45, 7) is 1.02. The molecule has 15 heavy (non-hydrogen) atoms. The van der Waals surface area contributed by atoms with Gasteiger partial charge < -0.3 is 0 Å². The van der Waals surface area contributed by atoms with Crippen LogP contribution in [0, 0.1) is 17.1 Å². The van der Waals surface area contributed by atoms with Gasteiger partial charge in [0.25, 0.3) is 6.43 Å². The van der Waals surface area contributed by atoms with Crippen LogP contribution in [0.3, 0.4) is 0 Å². The average Bonchev–Trinajstić information content (AvgIpc) is 2.15. The van der Waals surface area contributed by atoms with Crippen LogP contribution in [0.4, 0.5) is 13.2 Å². The smallest absolute Gasteiger partial charge is 0.266 e. The number of Topliss-reactive ketones (excluding diaryl/α,β-unsaturated/α-hetero) is 1. The molecule has 0 saturated carbocycles. The van der Waals surface area contributed by atoms with Gasteiger partial charge in [0.15, 0.2) is 5.78 Å². The van der Waals surface area contributed by atoms with E-state index in [0.717, 1.165) is 19.1 Å². The summed E-state index contributed by atoms with van der Waals surface area (Å²) in [5.41, 5.74) is -1.67. The molecule has 5 heteroatoms. The highest BCUT2D eigenvalue weighted by Gasteiger charge is 2.21. The summed E-state index contributed by atoms with van der Waals surface area (Å²) in [6, 6.07) is 3.40. The number of hydrogen-bond acceptors (Lipinski definition) is 2. The SMILES string of the molecule is CC(=O)c1c(C#N)ccc(C(F)F)c1F. The van der Waals surface area contributed by atoms with Gasteiger partial charge in [0.1, 0.15) is 5.82 Å². The molecular weight excluding hydrogens is 207 g/mol. The van der Waals surface area contributed by atoms with Crippen LogP contribution in [0.1, 0.15) is 34.8 Å². The normalized spacial score (nSPS) is 10.1. The molecule has 0 amide bonds. The molecule has 1 rings (SSSR count). The summed E-state index contributed by atoms with van der Waals surface area (Å²) in [5.74, 6) is -2.05. The average molecular weight is 213 g/mol. The predicted octanol–water partition coefficient (Wildman–Crippen LogP) is 2.84. The Kier molecular flexibility index (Phi) is 3.10. The number of halogens is 3. The quantitative estimate of drug-likeness (QED) is 0.708. The second-order valence-corrected chi connectivity index (χ2v) is 2.86. The highest BCUT2D eigenvalue weighted by molar-refractivity contribution is 5.97. The molecule has 0 aliphatic heterocycles. The van der Waals surface area contributed by atoms with E-state index >= 15 is 0 Å². The second kappa shape index (κ2) is 4.13. The highest BCUT2D eigenvalue weighted by Crippen LogP contribution is 2.26. The van der Waals surface area contributed by atoms with E-state index < -0.39 is 29.2 Å². The van der Waals surface area contributed by atoms with Crippen LogP contribution in [0.25, 0.3) is 0 Å². The van der Waals surface area contributed by atoms with Crippen LogP contribution in [-0.4, -0.2) is 5.78 Å². The highest BCUT2D eigenvalue weighted by atomic mass is 19.3. The fourth-order valence-corrected chi connectivity index (χ4v) is 1.20. The molecule has 1 aromatic rings. The largest absolute Gasteiger partial charge is 0.294 e. The molecule has 0 aromatic heterocycles. The number of benzene rings is 1. The van der Waals surface area contributed by atoms with Gasteiger partial charge in [-0.1, -0.05) is 0 Å². The van der Waals surface area contributed by atoms with Crippen molar-refractivity contribution in [3.05, 3.63) is 34.6 Å². The Morgan fingerprint density at radius 3 is 2.47 bits per heavy atom. The molecule has 0 aliphatic carbocycles. The number of carbonyl (C=O) groups is 1. The van der Waals surface area contributed by atoms with E-state index in [1.165, 1.54) is 0 Å². The van der Waals surface area contributed by atoms with Crippen molar-refractivity contribution in [2.45, 2.75) is 13.3 Å². The van der Waals surface area contributed by atoms with Crippen LogP contribution in [0.2, 0.25) is 0 Å². The molecule has 78 valence electrons. The molecule has 0 unspecified atom stereocenters. The maximum absolute atomic E-state index is 13.4. The lowest BCUT2D eigenvalue weighted by Crippen LogP contribution is -2.05. The maximum atomic E-state index is 13.4. The lowest BCUT2D eigenvalue weighted by Gasteiger charge is -2.06. The fourth-order valence-electron chi connectivity index (χ4n) is 1.20. The van der Waals surface area contributed by atoms with E-state index in [1.54, 1.807) is 6.07 Å². The van der Waals surface area contributed by atoms with Gasteiger partial charge in [-0.25, -0.2) is 13.2 Å². The Morgan fingerprint density at radius 2 is 2.07 bits per heavy atom. The van der Waals surface area contributed by atoms with Gasteiger partial charge in [-0.3, -0.25) is 4.79 Å². The van der Waals surface area contributed by atoms with E-state index in [2.05, 4.69) is 0 Å². The Hall–Kier alpha value is -1.83. The van der Waals surface area contributed by atoms with Gasteiger partial charge in [-0.15, -0.1) is 0 Å². The van der Waals surface area contributed by atoms with Crippen molar-refractivity contribution in [3.8, 4) is 6.07 Å². The predicted molar refractivity (Wildman–Crippen MR) is 46.1 cm³/mol. The van der Waals surface area contributed by atoms with Gasteiger partial charge in [0.05, 0.1) is 22.8 Å². The first-order valence-electron chi connectivity index (χ1n) is 4.00.